The number of nitro groups is 8. The van der Waals surface area contributed by atoms with E-state index in [0.717, 1.165) is 0 Å². The largest absolute Gasteiger partial charge is 0.443 e. The van der Waals surface area contributed by atoms with Crippen molar-refractivity contribution in [2.45, 2.75) is 26.2 Å². The fourth-order valence-electron chi connectivity index (χ4n) is 5.48. The Morgan fingerprint density at radius 2 is 0.547 bits per heavy atom. The molecule has 64 heavy (non-hydrogen) atoms. The van der Waals surface area contributed by atoms with Gasteiger partial charge < -0.3 is 104 Å². The highest BCUT2D eigenvalue weighted by Crippen LogP contribution is 2.35. The van der Waals surface area contributed by atoms with E-state index in [-0.39, 0.29) is 0 Å². The maximum Gasteiger partial charge on any atom is 0.443 e. The number of nitrogens with two attached hydrogens (primary N) is 4. The molecule has 0 atom stereocenters. The lowest BCUT2D eigenvalue weighted by Gasteiger charge is -2.03. The molecule has 332 valence electrons. The maximum absolute atomic E-state index is 11.9. The van der Waals surface area contributed by atoms with E-state index in [0.29, 0.717) is 28.1 Å². The quantitative estimate of drug-likeness (QED) is 0.0416. The summed E-state index contributed by atoms with van der Waals surface area (Å²) in [6.07, 6.45) is 0. The molecular weight excluding hydrogens is 888 g/mol. The topological polar surface area (TPSA) is 607 Å². The summed E-state index contributed by atoms with van der Waals surface area (Å²) in [6, 6.07) is 0. The summed E-state index contributed by atoms with van der Waals surface area (Å²) in [6.45, 7) is -4.18. The van der Waals surface area contributed by atoms with Gasteiger partial charge in [0.25, 0.3) is 0 Å². The zero-order valence-corrected chi connectivity index (χ0v) is 30.4. The lowest BCUT2D eigenvalue weighted by molar-refractivity contribution is -0.393. The highest BCUT2D eigenvalue weighted by atomic mass is 16.7. The smallest absolute Gasteiger partial charge is 0.385 e. The lowest BCUT2D eigenvalue weighted by atomic mass is 10.4. The number of aromatic nitrogens is 14. The molecule has 8 N–H and O–H groups in total. The van der Waals surface area contributed by atoms with E-state index in [9.17, 15) is 80.9 Å². The van der Waals surface area contributed by atoms with Crippen LogP contribution in [0.4, 0.5) is 69.3 Å². The van der Waals surface area contributed by atoms with E-state index in [1.807, 2.05) is 0 Å². The number of anilines is 4. The number of hydrogen-bond donors (Lipinski definition) is 4. The van der Waals surface area contributed by atoms with E-state index in [2.05, 4.69) is 51.2 Å². The van der Waals surface area contributed by atoms with Gasteiger partial charge in [0.2, 0.25) is 46.0 Å². The number of nitrogens with zero attached hydrogens (tertiary/aromatic N) is 24. The number of rotatable bonds is 18. The summed E-state index contributed by atoms with van der Waals surface area (Å²) in [5, 5.41) is 130. The predicted molar refractivity (Wildman–Crippen MR) is 192 cm³/mol. The van der Waals surface area contributed by atoms with Gasteiger partial charge >= 0.3 is 46.5 Å². The minimum Gasteiger partial charge on any atom is -0.385 e. The molecule has 0 aliphatic carbocycles. The zero-order valence-electron chi connectivity index (χ0n) is 30.4. The van der Waals surface area contributed by atoms with E-state index < -0.39 is 158 Å². The Labute approximate surface area is 341 Å². The van der Waals surface area contributed by atoms with Crippen molar-refractivity contribution in [1.29, 1.82) is 0 Å². The monoisotopic (exact) mass is 904 g/mol. The van der Waals surface area contributed by atoms with Crippen LogP contribution < -0.4 is 22.9 Å². The summed E-state index contributed by atoms with van der Waals surface area (Å²) in [5.41, 5.74) is 18.2. The fourth-order valence-corrected chi connectivity index (χ4v) is 5.48. The zero-order chi connectivity index (χ0) is 47.2. The van der Waals surface area contributed by atoms with Crippen LogP contribution in [-0.2, 0) is 26.2 Å². The second-order valence-electron chi connectivity index (χ2n) is 11.8. The van der Waals surface area contributed by atoms with Crippen molar-refractivity contribution < 1.29 is 39.4 Å². The molecule has 0 spiro atoms. The Bertz CT molecular complexity index is 2660. The van der Waals surface area contributed by atoms with Gasteiger partial charge in [0.05, 0.1) is 0 Å². The molecule has 0 aliphatic heterocycles. The summed E-state index contributed by atoms with van der Waals surface area (Å²) >= 11 is 0. The summed E-state index contributed by atoms with van der Waals surface area (Å²) in [5.74, 6) is -12.3. The first-order valence-electron chi connectivity index (χ1n) is 15.9. The van der Waals surface area contributed by atoms with Gasteiger partial charge in [-0.15, -0.1) is 20.4 Å². The van der Waals surface area contributed by atoms with Crippen LogP contribution in [0.25, 0.3) is 0 Å². The number of hydrogen-bond acceptors (Lipinski definition) is 30. The third-order valence-corrected chi connectivity index (χ3v) is 8.07. The van der Waals surface area contributed by atoms with Crippen LogP contribution in [0.3, 0.4) is 0 Å². The van der Waals surface area contributed by atoms with Gasteiger partial charge in [-0.25, -0.2) is 0 Å². The molecule has 0 unspecified atom stereocenters. The van der Waals surface area contributed by atoms with Crippen molar-refractivity contribution in [2.24, 2.45) is 10.4 Å². The molecular formula is C20H16N28O16. The second kappa shape index (κ2) is 15.7. The predicted octanol–water partition coefficient (Wildman–Crippen LogP) is -1.88. The van der Waals surface area contributed by atoms with E-state index in [4.69, 9.17) is 22.9 Å². The molecule has 44 nitrogen and oxygen atoms in total. The first-order chi connectivity index (χ1) is 30.0. The van der Waals surface area contributed by atoms with Crippen LogP contribution in [0.15, 0.2) is 10.4 Å². The van der Waals surface area contributed by atoms with Gasteiger partial charge in [-0.1, -0.05) is 0 Å². The van der Waals surface area contributed by atoms with E-state index >= 15 is 0 Å². The Kier molecular flexibility index (Phi) is 10.5. The van der Waals surface area contributed by atoms with Crippen LogP contribution in [-0.4, -0.2) is 108 Å². The summed E-state index contributed by atoms with van der Waals surface area (Å²) < 4.78 is 2.23. The minimum absolute atomic E-state index is 0.324. The highest BCUT2D eigenvalue weighted by molar-refractivity contribution is 5.67. The Morgan fingerprint density at radius 3 is 0.703 bits per heavy atom. The molecule has 6 aromatic rings. The van der Waals surface area contributed by atoms with Crippen molar-refractivity contribution in [1.82, 2.24) is 68.9 Å². The maximum atomic E-state index is 11.9. The van der Waals surface area contributed by atoms with Gasteiger partial charge in [0, 0.05) is 0 Å². The van der Waals surface area contributed by atoms with Gasteiger partial charge in [-0.05, 0) is 68.6 Å². The summed E-state index contributed by atoms with van der Waals surface area (Å²) in [4.78, 5) is 84.3. The van der Waals surface area contributed by atoms with Crippen molar-refractivity contribution in [3.63, 3.8) is 0 Å². The average Bonchev–Trinajstić information content (AvgIpc) is 4.03. The van der Waals surface area contributed by atoms with Crippen molar-refractivity contribution in [2.75, 3.05) is 22.9 Å². The van der Waals surface area contributed by atoms with Gasteiger partial charge in [-0.3, -0.25) is 0 Å². The molecule has 0 saturated heterocycles. The van der Waals surface area contributed by atoms with Gasteiger partial charge in [-0.2, -0.15) is 9.35 Å². The fraction of sp³-hybridized carbons (Fsp3) is 0.200. The van der Waals surface area contributed by atoms with Crippen LogP contribution >= 0.6 is 0 Å². The molecule has 0 saturated carbocycles. The molecule has 6 aromatic heterocycles. The van der Waals surface area contributed by atoms with E-state index in [1.54, 1.807) is 0 Å². The Balaban J connectivity index is 1.58. The molecule has 0 bridgehead atoms. The molecule has 0 aromatic carbocycles. The van der Waals surface area contributed by atoms with Crippen LogP contribution in [0, 0.1) is 80.9 Å². The molecule has 0 amide bonds. The minimum atomic E-state index is -1.21. The first-order valence-corrected chi connectivity index (χ1v) is 15.9. The highest BCUT2D eigenvalue weighted by Gasteiger charge is 2.41. The van der Waals surface area contributed by atoms with Crippen LogP contribution in [0.1, 0.15) is 23.3 Å². The second-order valence-corrected chi connectivity index (χ2v) is 11.8. The van der Waals surface area contributed by atoms with E-state index in [1.165, 1.54) is 0 Å². The third-order valence-electron chi connectivity index (χ3n) is 8.07. The molecule has 6 rings (SSSR count). The standard InChI is InChI=1S/C20H16N28O16/c21-9-13(41(49)50)29-35(17(9)45(57)58)1-5-25-26-6(2-36-18(46(59)60)10(22)14(30-36)42(51)52)39(5)33-34-40-7(3-37-19(47(61)62)11(23)15(31-37)43(53)54)27-28-8(40)4-38-20(48(63)64)12(24)16(32-38)44(55)56/h1-4,21-24H2/b34-33+. The van der Waals surface area contributed by atoms with Crippen molar-refractivity contribution >= 4 is 69.3 Å². The lowest BCUT2D eigenvalue weighted by Crippen LogP contribution is -2.15. The molecule has 6 heterocycles. The Morgan fingerprint density at radius 1 is 0.359 bits per heavy atom. The van der Waals surface area contributed by atoms with Crippen molar-refractivity contribution in [3.8, 4) is 0 Å². The SMILES string of the molecule is Nc1c([N+](=O)[O-])nn(Cc2nnc(Cn3nc([N+](=O)[O-])c(N)c3[N+](=O)[O-])n2/N=N/n2c(Cn3nc([N+](=O)[O-])c(N)c3[N+](=O)[O-])nnc2Cn2nc([N+](=O)[O-])c(N)c2[N+](=O)[O-])c1[N+](=O)[O-]. The molecule has 44 heteroatoms. The first kappa shape index (κ1) is 42.7. The molecule has 0 radical (unpaired) electrons. The van der Waals surface area contributed by atoms with Gasteiger partial charge in [0.15, 0.2) is 46.6 Å². The average molecular weight is 905 g/mol. The van der Waals surface area contributed by atoms with Gasteiger partial charge in [0.1, 0.15) is 0 Å². The third kappa shape index (κ3) is 7.36. The van der Waals surface area contributed by atoms with Crippen molar-refractivity contribution in [3.05, 3.63) is 104 Å². The Hall–Kier alpha value is -10.9. The normalized spacial score (nSPS) is 11.3. The number of nitrogen functional groups attached to an aromatic ring is 4. The molecule has 0 fully saturated rings. The molecule has 0 aliphatic rings. The van der Waals surface area contributed by atoms with Crippen LogP contribution in [0.2, 0.25) is 0 Å². The summed E-state index contributed by atoms with van der Waals surface area (Å²) in [7, 11) is 0. The van der Waals surface area contributed by atoms with Crippen LogP contribution in [0.5, 0.6) is 0 Å².